The molecule has 1 aromatic rings. The molecule has 37 heavy (non-hydrogen) atoms. The van der Waals surface area contributed by atoms with E-state index in [4.69, 9.17) is 22.1 Å². The quantitative estimate of drug-likeness (QED) is 0.322. The second kappa shape index (κ2) is 13.5. The third-order valence-corrected chi connectivity index (χ3v) is 8.24. The maximum atomic E-state index is 15.1. The van der Waals surface area contributed by atoms with Crippen molar-refractivity contribution >= 4 is 17.6 Å². The van der Waals surface area contributed by atoms with E-state index in [1.807, 2.05) is 0 Å². The Kier molecular flexibility index (Phi) is 10.9. The number of hydrogen-bond acceptors (Lipinski definition) is 4. The summed E-state index contributed by atoms with van der Waals surface area (Å²) in [5.74, 6) is -3.43. The van der Waals surface area contributed by atoms with Gasteiger partial charge in [0.05, 0.1) is 10.6 Å². The molecule has 0 spiro atoms. The van der Waals surface area contributed by atoms with E-state index in [0.29, 0.717) is 64.5 Å². The van der Waals surface area contributed by atoms with Crippen molar-refractivity contribution in [1.29, 1.82) is 0 Å². The van der Waals surface area contributed by atoms with E-state index in [1.165, 1.54) is 6.07 Å². The van der Waals surface area contributed by atoms with Gasteiger partial charge in [0.1, 0.15) is 5.82 Å². The Bertz CT molecular complexity index is 884. The number of carbonyl (C=O) groups excluding carboxylic acids is 1. The van der Waals surface area contributed by atoms with E-state index in [9.17, 15) is 18.7 Å². The van der Waals surface area contributed by atoms with Crippen LogP contribution in [0.5, 0.6) is 0 Å². The summed E-state index contributed by atoms with van der Waals surface area (Å²) in [6, 6.07) is 4.04. The van der Waals surface area contributed by atoms with Crippen LogP contribution in [0.4, 0.5) is 18.0 Å². The largest absolute Gasteiger partial charge is 0.385 e. The molecule has 1 saturated heterocycles. The van der Waals surface area contributed by atoms with Gasteiger partial charge in [-0.05, 0) is 63.4 Å². The molecule has 1 aliphatic carbocycles. The number of hydrogen-bond donors (Lipinski definition) is 3. The van der Waals surface area contributed by atoms with E-state index in [0.717, 1.165) is 0 Å². The lowest BCUT2D eigenvalue weighted by Crippen LogP contribution is -2.52. The first-order valence-electron chi connectivity index (χ1n) is 13.4. The van der Waals surface area contributed by atoms with Crippen molar-refractivity contribution < 1.29 is 27.8 Å². The zero-order valence-electron chi connectivity index (χ0n) is 21.7. The second-order valence-corrected chi connectivity index (χ2v) is 11.1. The standard InChI is InChI=1S/C27H41ClF3N3O3/c1-37-15-3-2-11-27(36,22-7-4-8-23(28)24(22)29)20-6-5-14-34(18-20)25(35)33-17-21(32)16-19-9-12-26(30,31)13-10-19/h4,7-8,19-21,36H,2-3,5-6,9-18,32H2,1H3,(H,33,35)/t20-,21?,27+/m1/s1. The van der Waals surface area contributed by atoms with E-state index in [1.54, 1.807) is 24.1 Å². The summed E-state index contributed by atoms with van der Waals surface area (Å²) >= 11 is 6.05. The summed E-state index contributed by atoms with van der Waals surface area (Å²) in [5, 5.41) is 14.7. The van der Waals surface area contributed by atoms with Crippen molar-refractivity contribution in [3.63, 3.8) is 0 Å². The van der Waals surface area contributed by atoms with Gasteiger partial charge < -0.3 is 25.8 Å². The average Bonchev–Trinajstić information content (AvgIpc) is 2.88. The SMILES string of the molecule is COCCCC[C@@](O)(c1cccc(Cl)c1F)[C@@H]1CCCN(C(=O)NCC(N)CC2CCC(F)(F)CC2)C1. The molecular formula is C27H41ClF3N3O3. The van der Waals surface area contributed by atoms with Gasteiger partial charge in [-0.1, -0.05) is 23.7 Å². The van der Waals surface area contributed by atoms with E-state index in [2.05, 4.69) is 5.32 Å². The summed E-state index contributed by atoms with van der Waals surface area (Å²) < 4.78 is 47.0. The fourth-order valence-corrected chi connectivity index (χ4v) is 5.94. The predicted molar refractivity (Wildman–Crippen MR) is 138 cm³/mol. The Morgan fingerprint density at radius 3 is 2.76 bits per heavy atom. The van der Waals surface area contributed by atoms with Crippen molar-refractivity contribution in [1.82, 2.24) is 10.2 Å². The lowest BCUT2D eigenvalue weighted by Gasteiger charge is -2.43. The second-order valence-electron chi connectivity index (χ2n) is 10.7. The first kappa shape index (κ1) is 30.0. The number of carbonyl (C=O) groups is 1. The van der Waals surface area contributed by atoms with E-state index < -0.39 is 17.3 Å². The minimum Gasteiger partial charge on any atom is -0.385 e. The maximum Gasteiger partial charge on any atom is 0.317 e. The number of nitrogens with one attached hydrogen (secondary N) is 1. The fraction of sp³-hybridized carbons (Fsp3) is 0.741. The number of ether oxygens (including phenoxy) is 1. The molecule has 2 amide bonds. The number of aliphatic hydroxyl groups is 1. The third kappa shape index (κ3) is 8.22. The Balaban J connectivity index is 1.60. The molecule has 1 saturated carbocycles. The number of alkyl halides is 2. The third-order valence-electron chi connectivity index (χ3n) is 7.95. The highest BCUT2D eigenvalue weighted by Crippen LogP contribution is 2.42. The van der Waals surface area contributed by atoms with Crippen LogP contribution in [0, 0.1) is 17.7 Å². The molecule has 3 rings (SSSR count). The number of unbranched alkanes of at least 4 members (excludes halogenated alkanes) is 1. The number of urea groups is 1. The monoisotopic (exact) mass is 547 g/mol. The maximum absolute atomic E-state index is 15.1. The molecule has 0 radical (unpaired) electrons. The number of benzene rings is 1. The summed E-state index contributed by atoms with van der Waals surface area (Å²) in [6.07, 6.45) is 4.26. The van der Waals surface area contributed by atoms with E-state index >= 15 is 4.39 Å². The van der Waals surface area contributed by atoms with Gasteiger partial charge in [-0.3, -0.25) is 0 Å². The molecule has 1 aromatic carbocycles. The number of rotatable bonds is 11. The summed E-state index contributed by atoms with van der Waals surface area (Å²) in [5.41, 5.74) is 4.88. The highest BCUT2D eigenvalue weighted by atomic mass is 35.5. The van der Waals surface area contributed by atoms with Crippen LogP contribution in [0.2, 0.25) is 5.02 Å². The lowest BCUT2D eigenvalue weighted by atomic mass is 9.74. The van der Waals surface area contributed by atoms with Gasteiger partial charge in [0.25, 0.3) is 0 Å². The number of likely N-dealkylation sites (tertiary alicyclic amines) is 1. The molecule has 10 heteroatoms. The molecule has 210 valence electrons. The number of nitrogens with two attached hydrogens (primary N) is 1. The number of amides is 2. The van der Waals surface area contributed by atoms with Crippen LogP contribution >= 0.6 is 11.6 Å². The molecule has 3 atom stereocenters. The van der Waals surface area contributed by atoms with Crippen molar-refractivity contribution in [2.45, 2.75) is 81.8 Å². The van der Waals surface area contributed by atoms with Gasteiger partial charge in [0, 0.05) is 63.7 Å². The molecule has 1 unspecified atom stereocenters. The van der Waals surface area contributed by atoms with Crippen LogP contribution in [-0.4, -0.2) is 61.4 Å². The molecule has 1 aliphatic heterocycles. The minimum atomic E-state index is -2.57. The van der Waals surface area contributed by atoms with Crippen LogP contribution in [0.25, 0.3) is 0 Å². The summed E-state index contributed by atoms with van der Waals surface area (Å²) in [4.78, 5) is 14.6. The smallest absolute Gasteiger partial charge is 0.317 e. The number of nitrogens with zero attached hydrogens (tertiary/aromatic N) is 1. The average molecular weight is 548 g/mol. The lowest BCUT2D eigenvalue weighted by molar-refractivity contribution is -0.0586. The number of methoxy groups -OCH3 is 1. The fourth-order valence-electron chi connectivity index (χ4n) is 5.77. The van der Waals surface area contributed by atoms with Crippen molar-refractivity contribution in [2.75, 3.05) is 33.4 Å². The molecule has 2 aliphatic rings. The summed E-state index contributed by atoms with van der Waals surface area (Å²) in [6.45, 7) is 1.58. The van der Waals surface area contributed by atoms with Gasteiger partial charge in [0.15, 0.2) is 0 Å². The zero-order chi connectivity index (χ0) is 27.1. The van der Waals surface area contributed by atoms with Crippen molar-refractivity contribution in [2.24, 2.45) is 17.6 Å². The Morgan fingerprint density at radius 1 is 1.32 bits per heavy atom. The highest BCUT2D eigenvalue weighted by molar-refractivity contribution is 6.30. The van der Waals surface area contributed by atoms with Crippen LogP contribution < -0.4 is 11.1 Å². The molecule has 4 N–H and O–H groups in total. The Hall–Kier alpha value is -1.55. The van der Waals surface area contributed by atoms with Crippen LogP contribution in [0.1, 0.15) is 69.8 Å². The number of halogens is 4. The Morgan fingerprint density at radius 2 is 2.05 bits per heavy atom. The number of piperidine rings is 1. The Labute approximate surface area is 223 Å². The van der Waals surface area contributed by atoms with Gasteiger partial charge >= 0.3 is 6.03 Å². The molecule has 0 aromatic heterocycles. The van der Waals surface area contributed by atoms with Crippen LogP contribution in [0.3, 0.4) is 0 Å². The van der Waals surface area contributed by atoms with E-state index in [-0.39, 0.29) is 60.4 Å². The molecule has 1 heterocycles. The van der Waals surface area contributed by atoms with Crippen LogP contribution in [-0.2, 0) is 10.3 Å². The summed E-state index contributed by atoms with van der Waals surface area (Å²) in [7, 11) is 1.61. The van der Waals surface area contributed by atoms with Crippen molar-refractivity contribution in [3.05, 3.63) is 34.6 Å². The topological polar surface area (TPSA) is 87.8 Å². The normalized spacial score (nSPS) is 22.9. The molecule has 0 bridgehead atoms. The molecule has 6 nitrogen and oxygen atoms in total. The molecular weight excluding hydrogens is 507 g/mol. The first-order chi connectivity index (χ1) is 17.6. The predicted octanol–water partition coefficient (Wildman–Crippen LogP) is 5.45. The first-order valence-corrected chi connectivity index (χ1v) is 13.8. The van der Waals surface area contributed by atoms with Crippen molar-refractivity contribution in [3.8, 4) is 0 Å². The van der Waals surface area contributed by atoms with Crippen LogP contribution in [0.15, 0.2) is 18.2 Å². The molecule has 2 fully saturated rings. The zero-order valence-corrected chi connectivity index (χ0v) is 22.4. The minimum absolute atomic E-state index is 0.0473. The highest BCUT2D eigenvalue weighted by Gasteiger charge is 2.43. The van der Waals surface area contributed by atoms with Gasteiger partial charge in [-0.2, -0.15) is 0 Å². The van der Waals surface area contributed by atoms with Gasteiger partial charge in [-0.25, -0.2) is 18.0 Å². The van der Waals surface area contributed by atoms with Gasteiger partial charge in [0.2, 0.25) is 5.92 Å². The van der Waals surface area contributed by atoms with Gasteiger partial charge in [-0.15, -0.1) is 0 Å².